The van der Waals surface area contributed by atoms with Gasteiger partial charge in [-0.2, -0.15) is 0 Å². The fourth-order valence-corrected chi connectivity index (χ4v) is 13.5. The summed E-state index contributed by atoms with van der Waals surface area (Å²) < 4.78 is 6.67. The first-order valence-corrected chi connectivity index (χ1v) is 13.2. The van der Waals surface area contributed by atoms with Crippen LogP contribution in [0.2, 0.25) is 16.6 Å². The van der Waals surface area contributed by atoms with E-state index in [1.54, 1.807) is 0 Å². The first kappa shape index (κ1) is 18.8. The van der Waals surface area contributed by atoms with Crippen molar-refractivity contribution in [1.82, 2.24) is 0 Å². The molecule has 4 aliphatic rings. The second-order valence-corrected chi connectivity index (χ2v) is 16.4. The van der Waals surface area contributed by atoms with Crippen LogP contribution in [0, 0.1) is 40.9 Å². The summed E-state index contributed by atoms with van der Waals surface area (Å²) in [5, 5.41) is 0. The highest BCUT2D eigenvalue weighted by Crippen LogP contribution is 2.70. The van der Waals surface area contributed by atoms with Gasteiger partial charge in [-0.1, -0.05) is 53.7 Å². The fourth-order valence-electron chi connectivity index (χ4n) is 8.24. The highest BCUT2D eigenvalue weighted by atomic mass is 28.4. The molecular formula is C23H38O2Si. The van der Waals surface area contributed by atoms with Crippen molar-refractivity contribution in [1.29, 1.82) is 0 Å². The summed E-state index contributed by atoms with van der Waals surface area (Å²) in [5.41, 5.74) is 1.16. The van der Waals surface area contributed by atoms with Gasteiger partial charge in [0.1, 0.15) is 0 Å². The number of allylic oxidation sites excluding steroid dienone is 2. The molecule has 3 saturated carbocycles. The summed E-state index contributed by atoms with van der Waals surface area (Å²) in [6.07, 6.45) is 8.66. The Morgan fingerprint density at radius 2 is 1.50 bits per heavy atom. The van der Waals surface area contributed by atoms with E-state index in [1.807, 2.05) is 0 Å². The van der Waals surface area contributed by atoms with Crippen molar-refractivity contribution in [2.45, 2.75) is 84.4 Å². The zero-order valence-electron chi connectivity index (χ0n) is 17.8. The maximum Gasteiger partial charge on any atom is 0.298 e. The van der Waals surface area contributed by atoms with E-state index < -0.39 is 8.32 Å². The third-order valence-corrected chi connectivity index (χ3v) is 15.0. The van der Waals surface area contributed by atoms with Crippen LogP contribution < -0.4 is 0 Å². The molecule has 4 aliphatic carbocycles. The Kier molecular flexibility index (Phi) is 4.30. The third kappa shape index (κ3) is 2.25. The van der Waals surface area contributed by atoms with Crippen molar-refractivity contribution in [2.75, 3.05) is 0 Å². The molecule has 4 bridgehead atoms. The molecule has 7 unspecified atom stereocenters. The zero-order chi connectivity index (χ0) is 19.0. The number of carbonyl (C=O) groups excluding carboxylic acids is 1. The fraction of sp³-hybridized carbons (Fsp3) is 0.870. The maximum atomic E-state index is 13.7. The molecule has 0 spiro atoms. The minimum absolute atomic E-state index is 0.165. The van der Waals surface area contributed by atoms with E-state index in [0.717, 1.165) is 36.0 Å². The van der Waals surface area contributed by atoms with Crippen LogP contribution >= 0.6 is 0 Å². The van der Waals surface area contributed by atoms with Gasteiger partial charge >= 0.3 is 0 Å². The molecule has 0 amide bonds. The molecule has 0 aromatic heterocycles. The van der Waals surface area contributed by atoms with Gasteiger partial charge < -0.3 is 4.43 Å². The van der Waals surface area contributed by atoms with E-state index in [9.17, 15) is 4.79 Å². The van der Waals surface area contributed by atoms with Crippen LogP contribution in [-0.4, -0.2) is 14.3 Å². The molecule has 0 aliphatic heterocycles. The van der Waals surface area contributed by atoms with Gasteiger partial charge in [-0.3, -0.25) is 4.79 Å². The average Bonchev–Trinajstić information content (AvgIpc) is 3.28. The monoisotopic (exact) mass is 374 g/mol. The van der Waals surface area contributed by atoms with Gasteiger partial charge in [0.2, 0.25) is 0 Å². The summed E-state index contributed by atoms with van der Waals surface area (Å²) in [4.78, 5) is 13.7. The van der Waals surface area contributed by atoms with Crippen LogP contribution in [0.3, 0.4) is 0 Å². The van der Waals surface area contributed by atoms with Crippen LogP contribution in [0.4, 0.5) is 0 Å². The molecule has 0 N–H and O–H groups in total. The largest absolute Gasteiger partial charge is 0.518 e. The predicted molar refractivity (Wildman–Crippen MR) is 109 cm³/mol. The Labute approximate surface area is 161 Å². The van der Waals surface area contributed by atoms with Gasteiger partial charge in [0.05, 0.1) is 5.41 Å². The lowest BCUT2D eigenvalue weighted by atomic mass is 9.63. The van der Waals surface area contributed by atoms with Gasteiger partial charge in [0, 0.05) is 0 Å². The molecule has 0 heterocycles. The topological polar surface area (TPSA) is 26.3 Å². The molecular weight excluding hydrogens is 336 g/mol. The van der Waals surface area contributed by atoms with Crippen molar-refractivity contribution in [2.24, 2.45) is 40.9 Å². The molecule has 3 heteroatoms. The Morgan fingerprint density at radius 3 is 2.04 bits per heavy atom. The molecule has 0 aromatic rings. The maximum absolute atomic E-state index is 13.7. The van der Waals surface area contributed by atoms with Crippen molar-refractivity contribution in [3.05, 3.63) is 12.2 Å². The minimum Gasteiger partial charge on any atom is -0.518 e. The van der Waals surface area contributed by atoms with E-state index in [-0.39, 0.29) is 11.4 Å². The standard InChI is InChI=1S/C23H38O2Si/c1-13(2)26(14(3)4,15(5)6)25-22(24)23(7)12-18-11-19(23)21-17-9-8-16(10-17)20(18)21/h8-9,13-21H,10-12H2,1-7H3. The summed E-state index contributed by atoms with van der Waals surface area (Å²) in [5.74, 6) is 4.68. The van der Waals surface area contributed by atoms with Crippen LogP contribution in [-0.2, 0) is 9.22 Å². The molecule has 0 aromatic carbocycles. The highest BCUT2D eigenvalue weighted by Gasteiger charge is 2.67. The second-order valence-electron chi connectivity index (χ2n) is 11.0. The SMILES string of the molecule is CC(C)[Si](OC(=O)C1(C)CC2CC1C1C3C=CC(C3)C21)(C(C)C)C(C)C. The van der Waals surface area contributed by atoms with Crippen LogP contribution in [0.5, 0.6) is 0 Å². The molecule has 0 saturated heterocycles. The lowest BCUT2D eigenvalue weighted by Gasteiger charge is -2.47. The number of fused-ring (bicyclic) bond motifs is 9. The summed E-state index contributed by atoms with van der Waals surface area (Å²) in [6, 6.07) is 0. The molecule has 146 valence electrons. The van der Waals surface area contributed by atoms with Crippen molar-refractivity contribution < 1.29 is 9.22 Å². The lowest BCUT2D eigenvalue weighted by Crippen LogP contribution is -2.53. The normalized spacial score (nSPS) is 43.2. The highest BCUT2D eigenvalue weighted by molar-refractivity contribution is 6.79. The van der Waals surface area contributed by atoms with Crippen molar-refractivity contribution >= 4 is 14.3 Å². The van der Waals surface area contributed by atoms with Crippen LogP contribution in [0.15, 0.2) is 12.2 Å². The van der Waals surface area contributed by atoms with E-state index in [0.29, 0.717) is 22.5 Å². The number of carbonyl (C=O) groups is 1. The smallest absolute Gasteiger partial charge is 0.298 e. The Balaban J connectivity index is 1.60. The quantitative estimate of drug-likeness (QED) is 0.326. The van der Waals surface area contributed by atoms with Crippen molar-refractivity contribution in [3.8, 4) is 0 Å². The molecule has 3 fully saturated rings. The number of hydrogen-bond acceptors (Lipinski definition) is 2. The minimum atomic E-state index is -2.15. The number of hydrogen-bond donors (Lipinski definition) is 0. The van der Waals surface area contributed by atoms with Gasteiger partial charge in [-0.15, -0.1) is 0 Å². The molecule has 2 nitrogen and oxygen atoms in total. The van der Waals surface area contributed by atoms with Gasteiger partial charge in [0.15, 0.2) is 0 Å². The van der Waals surface area contributed by atoms with Gasteiger partial charge in [-0.05, 0) is 78.3 Å². The average molecular weight is 375 g/mol. The molecule has 26 heavy (non-hydrogen) atoms. The summed E-state index contributed by atoms with van der Waals surface area (Å²) in [7, 11) is -2.15. The lowest BCUT2D eigenvalue weighted by molar-refractivity contribution is -0.152. The first-order chi connectivity index (χ1) is 12.1. The first-order valence-electron chi connectivity index (χ1n) is 11.0. The van der Waals surface area contributed by atoms with E-state index >= 15 is 0 Å². The second kappa shape index (κ2) is 5.96. The van der Waals surface area contributed by atoms with E-state index in [2.05, 4.69) is 60.6 Å². The third-order valence-electron chi connectivity index (χ3n) is 9.10. The summed E-state index contributed by atoms with van der Waals surface area (Å²) in [6.45, 7) is 15.9. The van der Waals surface area contributed by atoms with Gasteiger partial charge in [-0.25, -0.2) is 0 Å². The predicted octanol–water partition coefficient (Wildman–Crippen LogP) is 6.19. The number of rotatable bonds is 5. The van der Waals surface area contributed by atoms with Crippen molar-refractivity contribution in [3.63, 3.8) is 0 Å². The molecule has 0 radical (unpaired) electrons. The zero-order valence-corrected chi connectivity index (χ0v) is 18.8. The Morgan fingerprint density at radius 1 is 0.962 bits per heavy atom. The molecule has 7 atom stereocenters. The van der Waals surface area contributed by atoms with Gasteiger partial charge in [0.25, 0.3) is 14.3 Å². The Bertz CT molecular complexity index is 600. The molecule has 4 rings (SSSR count). The van der Waals surface area contributed by atoms with E-state index in [1.165, 1.54) is 12.8 Å². The summed E-state index contributed by atoms with van der Waals surface area (Å²) >= 11 is 0. The van der Waals surface area contributed by atoms with Crippen LogP contribution in [0.1, 0.15) is 67.7 Å². The van der Waals surface area contributed by atoms with Crippen LogP contribution in [0.25, 0.3) is 0 Å². The van der Waals surface area contributed by atoms with E-state index in [4.69, 9.17) is 4.43 Å². The Hall–Kier alpha value is -0.573.